The number of anilines is 1. The van der Waals surface area contributed by atoms with E-state index in [4.69, 9.17) is 0 Å². The van der Waals surface area contributed by atoms with Crippen LogP contribution in [0.25, 0.3) is 22.5 Å². The molecule has 0 radical (unpaired) electrons. The molecular formula is C17H12N6OS. The fourth-order valence-electron chi connectivity index (χ4n) is 2.25. The molecule has 7 nitrogen and oxygen atoms in total. The number of nitrogens with zero attached hydrogens (tertiary/aromatic N) is 4. The number of thiazole rings is 1. The van der Waals surface area contributed by atoms with E-state index in [-0.39, 0.29) is 5.91 Å². The Kier molecular flexibility index (Phi) is 4.01. The molecule has 0 aliphatic heterocycles. The van der Waals surface area contributed by atoms with E-state index in [2.05, 4.69) is 30.5 Å². The van der Waals surface area contributed by atoms with Crippen molar-refractivity contribution in [2.75, 3.05) is 5.32 Å². The number of hydrogen-bond donors (Lipinski definition) is 2. The molecule has 0 fully saturated rings. The molecule has 4 heterocycles. The minimum absolute atomic E-state index is 0.293. The van der Waals surface area contributed by atoms with Gasteiger partial charge in [-0.1, -0.05) is 0 Å². The molecular weight excluding hydrogens is 336 g/mol. The zero-order valence-electron chi connectivity index (χ0n) is 12.9. The first kappa shape index (κ1) is 15.2. The quantitative estimate of drug-likeness (QED) is 0.590. The Balaban J connectivity index is 1.50. The molecule has 25 heavy (non-hydrogen) atoms. The van der Waals surface area contributed by atoms with Crippen molar-refractivity contribution in [2.45, 2.75) is 0 Å². The predicted molar refractivity (Wildman–Crippen MR) is 95.1 cm³/mol. The Bertz CT molecular complexity index is 996. The molecule has 0 atom stereocenters. The summed E-state index contributed by atoms with van der Waals surface area (Å²) < 4.78 is 0. The summed E-state index contributed by atoms with van der Waals surface area (Å²) in [4.78, 5) is 24.8. The lowest BCUT2D eigenvalue weighted by Gasteiger charge is -1.98. The maximum Gasteiger partial charge on any atom is 0.275 e. The van der Waals surface area contributed by atoms with Crippen molar-refractivity contribution >= 4 is 22.4 Å². The second kappa shape index (κ2) is 6.62. The van der Waals surface area contributed by atoms with Crippen LogP contribution in [0.5, 0.6) is 0 Å². The van der Waals surface area contributed by atoms with Crippen LogP contribution in [0.1, 0.15) is 10.5 Å². The van der Waals surface area contributed by atoms with Gasteiger partial charge in [-0.2, -0.15) is 5.10 Å². The first-order valence-electron chi connectivity index (χ1n) is 7.43. The van der Waals surface area contributed by atoms with Gasteiger partial charge < -0.3 is 0 Å². The number of hydrogen-bond acceptors (Lipinski definition) is 6. The van der Waals surface area contributed by atoms with E-state index in [1.54, 1.807) is 30.9 Å². The number of pyridine rings is 2. The maximum atomic E-state index is 12.4. The fraction of sp³-hybridized carbons (Fsp3) is 0. The lowest BCUT2D eigenvalue weighted by molar-refractivity contribution is 0.102. The zero-order chi connectivity index (χ0) is 17.1. The molecule has 4 aromatic heterocycles. The minimum atomic E-state index is -0.293. The van der Waals surface area contributed by atoms with Crippen molar-refractivity contribution in [1.29, 1.82) is 0 Å². The van der Waals surface area contributed by atoms with Crippen molar-refractivity contribution in [3.63, 3.8) is 0 Å². The smallest absolute Gasteiger partial charge is 0.275 e. The Hall–Kier alpha value is -3.39. The van der Waals surface area contributed by atoms with Gasteiger partial charge >= 0.3 is 0 Å². The highest BCUT2D eigenvalue weighted by Gasteiger charge is 2.13. The maximum absolute atomic E-state index is 12.4. The third-order valence-electron chi connectivity index (χ3n) is 3.48. The molecule has 4 rings (SSSR count). The highest BCUT2D eigenvalue weighted by atomic mass is 32.1. The van der Waals surface area contributed by atoms with E-state index in [0.29, 0.717) is 16.5 Å². The van der Waals surface area contributed by atoms with Crippen LogP contribution in [-0.4, -0.2) is 31.1 Å². The van der Waals surface area contributed by atoms with Gasteiger partial charge in [-0.25, -0.2) is 4.98 Å². The highest BCUT2D eigenvalue weighted by molar-refractivity contribution is 7.14. The van der Waals surface area contributed by atoms with Crippen LogP contribution in [-0.2, 0) is 0 Å². The standard InChI is InChI=1S/C17H12N6OS/c24-16(14-8-13(22-23-14)12-2-1-5-19-9-12)21-17-20-15(10-25-17)11-3-6-18-7-4-11/h1-10H,(H,22,23)(H,20,21,24). The molecule has 0 aromatic carbocycles. The number of rotatable bonds is 4. The van der Waals surface area contributed by atoms with Gasteiger partial charge in [0.05, 0.1) is 11.4 Å². The van der Waals surface area contributed by atoms with E-state index in [9.17, 15) is 4.79 Å². The van der Waals surface area contributed by atoms with Gasteiger partial charge in [0.1, 0.15) is 5.69 Å². The first-order chi connectivity index (χ1) is 12.3. The van der Waals surface area contributed by atoms with Crippen molar-refractivity contribution < 1.29 is 4.79 Å². The SMILES string of the molecule is O=C(Nc1nc(-c2ccncc2)cs1)c1cc(-c2cccnc2)n[nH]1. The van der Waals surface area contributed by atoms with Crippen LogP contribution in [0.2, 0.25) is 0 Å². The summed E-state index contributed by atoms with van der Waals surface area (Å²) in [5.74, 6) is -0.293. The second-order valence-electron chi connectivity index (χ2n) is 5.14. The highest BCUT2D eigenvalue weighted by Crippen LogP contribution is 2.25. The Morgan fingerprint density at radius 1 is 1.04 bits per heavy atom. The van der Waals surface area contributed by atoms with Crippen molar-refractivity contribution in [2.24, 2.45) is 0 Å². The van der Waals surface area contributed by atoms with E-state index < -0.39 is 0 Å². The Labute approximate surface area is 146 Å². The predicted octanol–water partition coefficient (Wildman–Crippen LogP) is 3.24. The summed E-state index contributed by atoms with van der Waals surface area (Å²) in [6.07, 6.45) is 6.79. The first-order valence-corrected chi connectivity index (χ1v) is 8.30. The van der Waals surface area contributed by atoms with E-state index in [0.717, 1.165) is 16.8 Å². The number of carbonyl (C=O) groups excluding carboxylic acids is 1. The van der Waals surface area contributed by atoms with Gasteiger partial charge in [0.25, 0.3) is 5.91 Å². The molecule has 2 N–H and O–H groups in total. The van der Waals surface area contributed by atoms with Gasteiger partial charge in [0, 0.05) is 41.3 Å². The third kappa shape index (κ3) is 3.29. The number of nitrogens with one attached hydrogen (secondary N) is 2. The molecule has 0 aliphatic carbocycles. The van der Waals surface area contributed by atoms with E-state index >= 15 is 0 Å². The molecule has 1 amide bonds. The summed E-state index contributed by atoms with van der Waals surface area (Å²) in [5, 5.41) is 12.1. The van der Waals surface area contributed by atoms with Crippen molar-refractivity contribution in [3.05, 3.63) is 66.2 Å². The monoisotopic (exact) mass is 348 g/mol. The number of H-pyrrole nitrogens is 1. The molecule has 0 bridgehead atoms. The van der Waals surface area contributed by atoms with Gasteiger partial charge in [-0.15, -0.1) is 11.3 Å². The lowest BCUT2D eigenvalue weighted by atomic mass is 10.2. The number of amides is 1. The number of carbonyl (C=O) groups is 1. The molecule has 4 aromatic rings. The van der Waals surface area contributed by atoms with Gasteiger partial charge in [-0.3, -0.25) is 25.2 Å². The number of aromatic amines is 1. The van der Waals surface area contributed by atoms with Crippen LogP contribution in [0, 0.1) is 0 Å². The van der Waals surface area contributed by atoms with Crippen molar-refractivity contribution in [1.82, 2.24) is 25.1 Å². The topological polar surface area (TPSA) is 96.5 Å². The zero-order valence-corrected chi connectivity index (χ0v) is 13.7. The molecule has 0 unspecified atom stereocenters. The largest absolute Gasteiger partial charge is 0.296 e. The molecule has 0 aliphatic rings. The average molecular weight is 348 g/mol. The van der Waals surface area contributed by atoms with Gasteiger partial charge in [-0.05, 0) is 30.3 Å². The lowest BCUT2D eigenvalue weighted by Crippen LogP contribution is -2.12. The van der Waals surface area contributed by atoms with Gasteiger partial charge in [0.2, 0.25) is 0 Å². The van der Waals surface area contributed by atoms with Gasteiger partial charge in [0.15, 0.2) is 5.13 Å². The van der Waals surface area contributed by atoms with Crippen LogP contribution < -0.4 is 5.32 Å². The summed E-state index contributed by atoms with van der Waals surface area (Å²) in [7, 11) is 0. The fourth-order valence-corrected chi connectivity index (χ4v) is 2.97. The van der Waals surface area contributed by atoms with Crippen LogP contribution in [0.15, 0.2) is 60.5 Å². The normalized spacial score (nSPS) is 10.6. The van der Waals surface area contributed by atoms with Crippen LogP contribution in [0.4, 0.5) is 5.13 Å². The summed E-state index contributed by atoms with van der Waals surface area (Å²) >= 11 is 1.36. The molecule has 0 spiro atoms. The third-order valence-corrected chi connectivity index (χ3v) is 4.24. The number of aromatic nitrogens is 5. The van der Waals surface area contributed by atoms with Crippen LogP contribution in [0.3, 0.4) is 0 Å². The second-order valence-corrected chi connectivity index (χ2v) is 5.99. The summed E-state index contributed by atoms with van der Waals surface area (Å²) in [6.45, 7) is 0. The molecule has 122 valence electrons. The van der Waals surface area contributed by atoms with Crippen molar-refractivity contribution in [3.8, 4) is 22.5 Å². The molecule has 0 saturated heterocycles. The van der Waals surface area contributed by atoms with E-state index in [1.165, 1.54) is 11.3 Å². The molecule has 8 heteroatoms. The van der Waals surface area contributed by atoms with E-state index in [1.807, 2.05) is 29.6 Å². The Morgan fingerprint density at radius 2 is 1.92 bits per heavy atom. The summed E-state index contributed by atoms with van der Waals surface area (Å²) in [6, 6.07) is 9.13. The average Bonchev–Trinajstić information content (AvgIpc) is 3.33. The molecule has 0 saturated carbocycles. The summed E-state index contributed by atoms with van der Waals surface area (Å²) in [5.41, 5.74) is 3.61. The minimum Gasteiger partial charge on any atom is -0.296 e. The Morgan fingerprint density at radius 3 is 2.72 bits per heavy atom. The van der Waals surface area contributed by atoms with Crippen LogP contribution >= 0.6 is 11.3 Å².